The second-order valence-electron chi connectivity index (χ2n) is 4.86. The van der Waals surface area contributed by atoms with Gasteiger partial charge >= 0.3 is 0 Å². The Bertz CT molecular complexity index is 404. The molecular weight excluding hydrogens is 236 g/mol. The average molecular weight is 253 g/mol. The Hall–Kier alpha value is -1.09. The molecule has 17 heavy (non-hydrogen) atoms. The monoisotopic (exact) mass is 252 g/mol. The Kier molecular flexibility index (Phi) is 3.67. The number of hydrogen-bond acceptors (Lipinski definition) is 2. The van der Waals surface area contributed by atoms with Crippen LogP contribution in [0.1, 0.15) is 37.0 Å². The average Bonchev–Trinajstić information content (AvgIpc) is 2.32. The summed E-state index contributed by atoms with van der Waals surface area (Å²) in [5.74, 6) is 0.642. The number of piperidine rings is 1. The van der Waals surface area contributed by atoms with Crippen LogP contribution in [-0.2, 0) is 0 Å². The molecule has 0 radical (unpaired) electrons. The van der Waals surface area contributed by atoms with Gasteiger partial charge in [0.15, 0.2) is 0 Å². The van der Waals surface area contributed by atoms with Crippen LogP contribution in [0.2, 0.25) is 5.15 Å². The number of aromatic nitrogens is 1. The molecule has 2 heterocycles. The molecule has 0 spiro atoms. The third-order valence-electron chi connectivity index (χ3n) is 3.35. The highest BCUT2D eigenvalue weighted by Gasteiger charge is 2.27. The maximum Gasteiger partial charge on any atom is 0.255 e. The number of amides is 1. The highest BCUT2D eigenvalue weighted by atomic mass is 35.5. The van der Waals surface area contributed by atoms with Gasteiger partial charge < -0.3 is 4.90 Å². The highest BCUT2D eigenvalue weighted by molar-refractivity contribution is 6.29. The van der Waals surface area contributed by atoms with Gasteiger partial charge in [-0.1, -0.05) is 18.5 Å². The Labute approximate surface area is 107 Å². The van der Waals surface area contributed by atoms with Crippen molar-refractivity contribution in [1.82, 2.24) is 9.88 Å². The zero-order valence-corrected chi connectivity index (χ0v) is 10.9. The first-order valence-electron chi connectivity index (χ1n) is 6.00. The standard InChI is InChI=1S/C13H17ClN2O/c1-9-3-4-10(2)16(8-9)13(17)11-5-6-12(14)15-7-11/h5-7,9-10H,3-4,8H2,1-2H3. The zero-order valence-electron chi connectivity index (χ0n) is 10.2. The van der Waals surface area contributed by atoms with E-state index in [4.69, 9.17) is 11.6 Å². The topological polar surface area (TPSA) is 33.2 Å². The second-order valence-corrected chi connectivity index (χ2v) is 5.25. The number of nitrogens with zero attached hydrogens (tertiary/aromatic N) is 2. The van der Waals surface area contributed by atoms with Crippen molar-refractivity contribution in [2.75, 3.05) is 6.54 Å². The van der Waals surface area contributed by atoms with Crippen LogP contribution in [0.25, 0.3) is 0 Å². The zero-order chi connectivity index (χ0) is 12.4. The van der Waals surface area contributed by atoms with Gasteiger partial charge in [-0.25, -0.2) is 4.98 Å². The van der Waals surface area contributed by atoms with E-state index in [9.17, 15) is 4.79 Å². The Balaban J connectivity index is 2.15. The molecule has 92 valence electrons. The van der Waals surface area contributed by atoms with E-state index in [-0.39, 0.29) is 5.91 Å². The predicted octanol–water partition coefficient (Wildman–Crippen LogP) is 3.00. The molecule has 1 amide bonds. The number of halogens is 1. The third-order valence-corrected chi connectivity index (χ3v) is 3.58. The number of likely N-dealkylation sites (tertiary alicyclic amines) is 1. The summed E-state index contributed by atoms with van der Waals surface area (Å²) in [7, 11) is 0. The fourth-order valence-corrected chi connectivity index (χ4v) is 2.35. The summed E-state index contributed by atoms with van der Waals surface area (Å²) in [5, 5.41) is 0.418. The number of hydrogen-bond donors (Lipinski definition) is 0. The first kappa shape index (κ1) is 12.4. The molecule has 0 aromatic carbocycles. The van der Waals surface area contributed by atoms with Crippen LogP contribution in [0, 0.1) is 5.92 Å². The van der Waals surface area contributed by atoms with Crippen molar-refractivity contribution in [1.29, 1.82) is 0 Å². The molecule has 1 aliphatic heterocycles. The smallest absolute Gasteiger partial charge is 0.255 e. The summed E-state index contributed by atoms with van der Waals surface area (Å²) in [5.41, 5.74) is 0.621. The lowest BCUT2D eigenvalue weighted by Crippen LogP contribution is -2.44. The van der Waals surface area contributed by atoms with E-state index in [0.717, 1.165) is 13.0 Å². The summed E-state index contributed by atoms with van der Waals surface area (Å²) in [4.78, 5) is 18.2. The predicted molar refractivity (Wildman–Crippen MR) is 68.1 cm³/mol. The van der Waals surface area contributed by atoms with Gasteiger partial charge in [-0.3, -0.25) is 4.79 Å². The molecule has 1 aromatic rings. The van der Waals surface area contributed by atoms with E-state index in [1.165, 1.54) is 6.42 Å². The number of carbonyl (C=O) groups is 1. The molecule has 2 unspecified atom stereocenters. The van der Waals surface area contributed by atoms with Gasteiger partial charge in [0.25, 0.3) is 5.91 Å². The molecule has 0 N–H and O–H groups in total. The number of carbonyl (C=O) groups excluding carboxylic acids is 1. The van der Waals surface area contributed by atoms with Crippen molar-refractivity contribution < 1.29 is 4.79 Å². The Morgan fingerprint density at radius 1 is 1.41 bits per heavy atom. The van der Waals surface area contributed by atoms with E-state index in [1.54, 1.807) is 18.3 Å². The second kappa shape index (κ2) is 5.05. The quantitative estimate of drug-likeness (QED) is 0.720. The molecule has 1 saturated heterocycles. The normalized spacial score (nSPS) is 24.8. The van der Waals surface area contributed by atoms with Gasteiger partial charge in [0.2, 0.25) is 0 Å². The van der Waals surface area contributed by atoms with Crippen LogP contribution in [0.3, 0.4) is 0 Å². The third kappa shape index (κ3) is 2.78. The molecule has 1 aliphatic rings. The van der Waals surface area contributed by atoms with Gasteiger partial charge in [0, 0.05) is 18.8 Å². The molecular formula is C13H17ClN2O. The molecule has 2 rings (SSSR count). The van der Waals surface area contributed by atoms with Gasteiger partial charge in [0.1, 0.15) is 5.15 Å². The minimum absolute atomic E-state index is 0.0632. The molecule has 2 atom stereocenters. The van der Waals surface area contributed by atoms with Crippen LogP contribution in [0.15, 0.2) is 18.3 Å². The Morgan fingerprint density at radius 2 is 2.18 bits per heavy atom. The number of pyridine rings is 1. The van der Waals surface area contributed by atoms with Gasteiger partial charge in [-0.2, -0.15) is 0 Å². The van der Waals surface area contributed by atoms with Gasteiger partial charge in [-0.05, 0) is 37.8 Å². The SMILES string of the molecule is CC1CCC(C)N(C(=O)c2ccc(Cl)nc2)C1. The van der Waals surface area contributed by atoms with Crippen molar-refractivity contribution in [2.24, 2.45) is 5.92 Å². The van der Waals surface area contributed by atoms with Crippen molar-refractivity contribution in [2.45, 2.75) is 32.7 Å². The van der Waals surface area contributed by atoms with E-state index in [1.807, 2.05) is 4.90 Å². The molecule has 0 aliphatic carbocycles. The summed E-state index contributed by atoms with van der Waals surface area (Å²) < 4.78 is 0. The maximum absolute atomic E-state index is 12.3. The molecule has 0 bridgehead atoms. The number of rotatable bonds is 1. The van der Waals surface area contributed by atoms with Crippen molar-refractivity contribution >= 4 is 17.5 Å². The first-order chi connectivity index (χ1) is 8.08. The van der Waals surface area contributed by atoms with Crippen LogP contribution in [0.5, 0.6) is 0 Å². The van der Waals surface area contributed by atoms with Crippen molar-refractivity contribution in [3.05, 3.63) is 29.0 Å². The summed E-state index contributed by atoms with van der Waals surface area (Å²) in [6.45, 7) is 5.13. The summed E-state index contributed by atoms with van der Waals surface area (Å²) in [6.07, 6.45) is 3.83. The van der Waals surface area contributed by atoms with E-state index < -0.39 is 0 Å². The molecule has 1 aromatic heterocycles. The molecule has 1 fully saturated rings. The summed E-state index contributed by atoms with van der Waals surface area (Å²) in [6, 6.07) is 3.71. The van der Waals surface area contributed by atoms with Crippen LogP contribution < -0.4 is 0 Å². The van der Waals surface area contributed by atoms with Crippen LogP contribution in [-0.4, -0.2) is 28.4 Å². The highest BCUT2D eigenvalue weighted by Crippen LogP contribution is 2.23. The Morgan fingerprint density at radius 3 is 2.82 bits per heavy atom. The maximum atomic E-state index is 12.3. The van der Waals surface area contributed by atoms with Crippen LogP contribution in [0.4, 0.5) is 0 Å². The lowest BCUT2D eigenvalue weighted by molar-refractivity contribution is 0.0573. The molecule has 3 nitrogen and oxygen atoms in total. The minimum atomic E-state index is 0.0632. The van der Waals surface area contributed by atoms with Gasteiger partial charge in [-0.15, -0.1) is 0 Å². The van der Waals surface area contributed by atoms with Crippen molar-refractivity contribution in [3.8, 4) is 0 Å². The molecule has 0 saturated carbocycles. The minimum Gasteiger partial charge on any atom is -0.336 e. The fraction of sp³-hybridized carbons (Fsp3) is 0.538. The van der Waals surface area contributed by atoms with Crippen molar-refractivity contribution in [3.63, 3.8) is 0 Å². The molecule has 4 heteroatoms. The van der Waals surface area contributed by atoms with E-state index in [0.29, 0.717) is 22.7 Å². The van der Waals surface area contributed by atoms with Gasteiger partial charge in [0.05, 0.1) is 5.56 Å². The first-order valence-corrected chi connectivity index (χ1v) is 6.38. The summed E-state index contributed by atoms with van der Waals surface area (Å²) >= 11 is 5.72. The van der Waals surface area contributed by atoms with E-state index in [2.05, 4.69) is 18.8 Å². The lowest BCUT2D eigenvalue weighted by Gasteiger charge is -2.36. The fourth-order valence-electron chi connectivity index (χ4n) is 2.24. The van der Waals surface area contributed by atoms with Crippen LogP contribution >= 0.6 is 11.6 Å². The largest absolute Gasteiger partial charge is 0.336 e. The lowest BCUT2D eigenvalue weighted by atomic mass is 9.94. The van der Waals surface area contributed by atoms with E-state index >= 15 is 0 Å².